The summed E-state index contributed by atoms with van der Waals surface area (Å²) in [6.45, 7) is 0.771. The zero-order chi connectivity index (χ0) is 17.5. The molecular weight excluding hydrogens is 312 g/mol. The van der Waals surface area contributed by atoms with E-state index in [2.05, 4.69) is 5.32 Å². The van der Waals surface area contributed by atoms with Gasteiger partial charge in [0, 0.05) is 25.9 Å². The molecule has 1 heterocycles. The number of hydrogen-bond donors (Lipinski definition) is 2. The molecule has 0 aliphatic carbocycles. The molecule has 0 fully saturated rings. The molecule has 0 aliphatic heterocycles. The van der Waals surface area contributed by atoms with E-state index in [4.69, 9.17) is 9.47 Å². The standard InChI is InChI=1S/C17H20N2O5/c1-19-9-7-14(15(20)17(19)22)16(21)18-8-4-10-24-13-6-3-5-12(11-13)23-2/h3,5-7,9,11,20H,4,8,10H2,1-2H3,(H,18,21). The van der Waals surface area contributed by atoms with Crippen molar-refractivity contribution in [3.8, 4) is 17.2 Å². The van der Waals surface area contributed by atoms with Crippen LogP contribution >= 0.6 is 0 Å². The minimum atomic E-state index is -0.607. The molecule has 24 heavy (non-hydrogen) atoms. The van der Waals surface area contributed by atoms with Crippen molar-refractivity contribution >= 4 is 5.91 Å². The number of benzene rings is 1. The highest BCUT2D eigenvalue weighted by atomic mass is 16.5. The molecule has 0 bridgehead atoms. The van der Waals surface area contributed by atoms with Crippen LogP contribution in [0.3, 0.4) is 0 Å². The van der Waals surface area contributed by atoms with E-state index in [1.54, 1.807) is 13.2 Å². The summed E-state index contributed by atoms with van der Waals surface area (Å²) in [5.41, 5.74) is -0.643. The van der Waals surface area contributed by atoms with Crippen LogP contribution in [0.4, 0.5) is 0 Å². The van der Waals surface area contributed by atoms with E-state index in [0.29, 0.717) is 31.1 Å². The van der Waals surface area contributed by atoms with Crippen molar-refractivity contribution in [3.63, 3.8) is 0 Å². The van der Waals surface area contributed by atoms with Crippen molar-refractivity contribution in [2.75, 3.05) is 20.3 Å². The van der Waals surface area contributed by atoms with Gasteiger partial charge in [-0.15, -0.1) is 0 Å². The Morgan fingerprint density at radius 2 is 2.04 bits per heavy atom. The van der Waals surface area contributed by atoms with Crippen LogP contribution in [0.15, 0.2) is 41.3 Å². The van der Waals surface area contributed by atoms with E-state index in [1.165, 1.54) is 23.9 Å². The highest BCUT2D eigenvalue weighted by molar-refractivity contribution is 5.96. The lowest BCUT2D eigenvalue weighted by Crippen LogP contribution is -2.28. The van der Waals surface area contributed by atoms with Crippen LogP contribution in [0.2, 0.25) is 0 Å². The van der Waals surface area contributed by atoms with Gasteiger partial charge in [0.2, 0.25) is 0 Å². The van der Waals surface area contributed by atoms with Gasteiger partial charge in [0.05, 0.1) is 19.3 Å². The number of amides is 1. The molecule has 0 atom stereocenters. The first-order valence-electron chi connectivity index (χ1n) is 7.46. The van der Waals surface area contributed by atoms with Crippen molar-refractivity contribution in [2.45, 2.75) is 6.42 Å². The number of pyridine rings is 1. The Bertz CT molecular complexity index is 770. The second kappa shape index (κ2) is 8.05. The summed E-state index contributed by atoms with van der Waals surface area (Å²) in [5, 5.41) is 12.4. The Labute approximate surface area is 139 Å². The number of rotatable bonds is 7. The topological polar surface area (TPSA) is 89.8 Å². The van der Waals surface area contributed by atoms with Crippen LogP contribution in [-0.2, 0) is 7.05 Å². The van der Waals surface area contributed by atoms with Crippen LogP contribution in [-0.4, -0.2) is 35.8 Å². The van der Waals surface area contributed by atoms with Crippen molar-refractivity contribution in [1.82, 2.24) is 9.88 Å². The number of ether oxygens (including phenoxy) is 2. The van der Waals surface area contributed by atoms with Crippen molar-refractivity contribution in [3.05, 3.63) is 52.4 Å². The molecule has 0 aliphatic rings. The lowest BCUT2D eigenvalue weighted by atomic mass is 10.2. The summed E-state index contributed by atoms with van der Waals surface area (Å²) in [4.78, 5) is 23.6. The summed E-state index contributed by atoms with van der Waals surface area (Å²) < 4.78 is 11.9. The molecular formula is C17H20N2O5. The summed E-state index contributed by atoms with van der Waals surface area (Å²) in [5.74, 6) is 0.350. The third-order valence-electron chi connectivity index (χ3n) is 3.40. The number of aromatic nitrogens is 1. The Kier molecular flexibility index (Phi) is 5.83. The molecule has 2 aromatic rings. The predicted octanol–water partition coefficient (Wildman–Crippen LogP) is 1.30. The first kappa shape index (κ1) is 17.4. The fourth-order valence-corrected chi connectivity index (χ4v) is 2.05. The lowest BCUT2D eigenvalue weighted by molar-refractivity contribution is 0.0948. The van der Waals surface area contributed by atoms with E-state index >= 15 is 0 Å². The zero-order valence-electron chi connectivity index (χ0n) is 13.6. The number of methoxy groups -OCH3 is 1. The van der Waals surface area contributed by atoms with E-state index in [-0.39, 0.29) is 5.56 Å². The molecule has 0 saturated heterocycles. The number of hydrogen-bond acceptors (Lipinski definition) is 5. The second-order valence-electron chi connectivity index (χ2n) is 5.13. The van der Waals surface area contributed by atoms with Gasteiger partial charge in [-0.2, -0.15) is 0 Å². The van der Waals surface area contributed by atoms with E-state index in [1.807, 2.05) is 18.2 Å². The fourth-order valence-electron chi connectivity index (χ4n) is 2.05. The summed E-state index contributed by atoms with van der Waals surface area (Å²) >= 11 is 0. The fraction of sp³-hybridized carbons (Fsp3) is 0.294. The molecule has 1 amide bonds. The molecule has 0 saturated carbocycles. The molecule has 0 spiro atoms. The summed E-state index contributed by atoms with van der Waals surface area (Å²) in [6.07, 6.45) is 2.01. The van der Waals surface area contributed by atoms with E-state index in [9.17, 15) is 14.7 Å². The maximum Gasteiger partial charge on any atom is 0.293 e. The zero-order valence-corrected chi connectivity index (χ0v) is 13.6. The van der Waals surface area contributed by atoms with Gasteiger partial charge in [0.25, 0.3) is 11.5 Å². The van der Waals surface area contributed by atoms with Gasteiger partial charge in [0.15, 0.2) is 5.75 Å². The Morgan fingerprint density at radius 3 is 2.79 bits per heavy atom. The Balaban J connectivity index is 1.79. The third-order valence-corrected chi connectivity index (χ3v) is 3.40. The Morgan fingerprint density at radius 1 is 1.29 bits per heavy atom. The van der Waals surface area contributed by atoms with Crippen LogP contribution in [0.25, 0.3) is 0 Å². The van der Waals surface area contributed by atoms with Crippen LogP contribution in [0, 0.1) is 0 Å². The largest absolute Gasteiger partial charge is 0.502 e. The van der Waals surface area contributed by atoms with Gasteiger partial charge in [-0.3, -0.25) is 9.59 Å². The lowest BCUT2D eigenvalue weighted by Gasteiger charge is -2.09. The monoisotopic (exact) mass is 332 g/mol. The van der Waals surface area contributed by atoms with Gasteiger partial charge in [-0.1, -0.05) is 6.07 Å². The first-order chi connectivity index (χ1) is 11.5. The molecule has 7 nitrogen and oxygen atoms in total. The molecule has 1 aromatic heterocycles. The second-order valence-corrected chi connectivity index (χ2v) is 5.13. The molecule has 0 unspecified atom stereocenters. The average molecular weight is 332 g/mol. The molecule has 2 N–H and O–H groups in total. The third kappa shape index (κ3) is 4.28. The van der Waals surface area contributed by atoms with Crippen molar-refractivity contribution in [2.24, 2.45) is 7.05 Å². The summed E-state index contributed by atoms with van der Waals surface area (Å²) in [6, 6.07) is 8.65. The van der Waals surface area contributed by atoms with Gasteiger partial charge in [0.1, 0.15) is 11.5 Å². The minimum absolute atomic E-state index is 0.0354. The number of nitrogens with zero attached hydrogens (tertiary/aromatic N) is 1. The van der Waals surface area contributed by atoms with E-state index < -0.39 is 17.2 Å². The van der Waals surface area contributed by atoms with E-state index in [0.717, 1.165) is 0 Å². The highest BCUT2D eigenvalue weighted by Gasteiger charge is 2.14. The maximum atomic E-state index is 12.0. The van der Waals surface area contributed by atoms with Crippen molar-refractivity contribution in [1.29, 1.82) is 0 Å². The number of carbonyl (C=O) groups is 1. The smallest absolute Gasteiger partial charge is 0.293 e. The van der Waals surface area contributed by atoms with Crippen LogP contribution in [0.5, 0.6) is 17.2 Å². The molecule has 128 valence electrons. The summed E-state index contributed by atoms with van der Waals surface area (Å²) in [7, 11) is 3.08. The minimum Gasteiger partial charge on any atom is -0.502 e. The SMILES string of the molecule is COc1cccc(OCCCNC(=O)c2ccn(C)c(=O)c2O)c1. The normalized spacial score (nSPS) is 10.2. The van der Waals surface area contributed by atoms with Crippen molar-refractivity contribution < 1.29 is 19.4 Å². The predicted molar refractivity (Wildman–Crippen MR) is 88.8 cm³/mol. The number of aromatic hydroxyl groups is 1. The van der Waals surface area contributed by atoms with Gasteiger partial charge < -0.3 is 24.5 Å². The maximum absolute atomic E-state index is 12.0. The van der Waals surface area contributed by atoms with Crippen LogP contribution in [0.1, 0.15) is 16.8 Å². The molecule has 7 heteroatoms. The van der Waals surface area contributed by atoms with Gasteiger partial charge >= 0.3 is 0 Å². The number of carbonyl (C=O) groups excluding carboxylic acids is 1. The van der Waals surface area contributed by atoms with Crippen LogP contribution < -0.4 is 20.3 Å². The highest BCUT2D eigenvalue weighted by Crippen LogP contribution is 2.18. The number of nitrogens with one attached hydrogen (secondary N) is 1. The number of aryl methyl sites for hydroxylation is 1. The van der Waals surface area contributed by atoms with Gasteiger partial charge in [-0.05, 0) is 24.6 Å². The average Bonchev–Trinajstić information content (AvgIpc) is 2.59. The quantitative estimate of drug-likeness (QED) is 0.746. The molecule has 1 aromatic carbocycles. The molecule has 2 rings (SSSR count). The first-order valence-corrected chi connectivity index (χ1v) is 7.46. The van der Waals surface area contributed by atoms with Gasteiger partial charge in [-0.25, -0.2) is 0 Å². The molecule has 0 radical (unpaired) electrons. The Hall–Kier alpha value is -2.96.